The van der Waals surface area contributed by atoms with Gasteiger partial charge in [0.1, 0.15) is 5.75 Å². The Kier molecular flexibility index (Phi) is 6.16. The number of hydrogen-bond donors (Lipinski definition) is 2. The second-order valence-electron chi connectivity index (χ2n) is 6.36. The number of aryl methyl sites for hydroxylation is 2. The largest absolute Gasteiger partial charge is 0.507 e. The van der Waals surface area contributed by atoms with Crippen molar-refractivity contribution in [3.05, 3.63) is 66.2 Å². The number of carbonyl (C=O) groups excluding carboxylic acids is 1. The molecule has 0 radical (unpaired) electrons. The predicted molar refractivity (Wildman–Crippen MR) is 113 cm³/mol. The van der Waals surface area contributed by atoms with E-state index in [0.29, 0.717) is 23.1 Å². The number of allylic oxidation sites excluding steroid dienone is 1. The second-order valence-corrected chi connectivity index (χ2v) is 7.30. The maximum Gasteiger partial charge on any atom is 0.234 e. The van der Waals surface area contributed by atoms with E-state index in [4.69, 9.17) is 0 Å². The van der Waals surface area contributed by atoms with E-state index in [0.717, 1.165) is 11.3 Å². The minimum absolute atomic E-state index is 0.120. The van der Waals surface area contributed by atoms with Crippen LogP contribution in [0.1, 0.15) is 11.1 Å². The second kappa shape index (κ2) is 8.75. The van der Waals surface area contributed by atoms with Gasteiger partial charge in [0.15, 0.2) is 11.0 Å². The van der Waals surface area contributed by atoms with Crippen LogP contribution in [-0.2, 0) is 11.3 Å². The van der Waals surface area contributed by atoms with E-state index in [-0.39, 0.29) is 17.4 Å². The van der Waals surface area contributed by atoms with Gasteiger partial charge in [-0.15, -0.1) is 16.8 Å². The molecule has 28 heavy (non-hydrogen) atoms. The number of amides is 1. The highest BCUT2D eigenvalue weighted by molar-refractivity contribution is 7.99. The van der Waals surface area contributed by atoms with Crippen LogP contribution in [0.5, 0.6) is 5.75 Å². The average Bonchev–Trinajstić information content (AvgIpc) is 3.06. The van der Waals surface area contributed by atoms with E-state index in [1.54, 1.807) is 24.3 Å². The first kappa shape index (κ1) is 19.7. The SMILES string of the molecule is C=CCn1c(SCC(=O)Nc2ccc(C)c(C)c2)nnc1-c1ccccc1O. The number of phenols is 1. The zero-order chi connectivity index (χ0) is 20.1. The zero-order valence-corrected chi connectivity index (χ0v) is 16.7. The molecule has 0 saturated heterocycles. The molecule has 0 bridgehead atoms. The smallest absolute Gasteiger partial charge is 0.234 e. The normalized spacial score (nSPS) is 10.6. The van der Waals surface area contributed by atoms with Crippen molar-refractivity contribution in [1.82, 2.24) is 14.8 Å². The van der Waals surface area contributed by atoms with Crippen LogP contribution in [0.3, 0.4) is 0 Å². The molecule has 1 heterocycles. The van der Waals surface area contributed by atoms with Gasteiger partial charge in [0.25, 0.3) is 0 Å². The number of carbonyl (C=O) groups is 1. The minimum Gasteiger partial charge on any atom is -0.507 e. The van der Waals surface area contributed by atoms with E-state index in [9.17, 15) is 9.90 Å². The number of aromatic hydroxyl groups is 1. The monoisotopic (exact) mass is 394 g/mol. The Balaban J connectivity index is 1.73. The number of nitrogens with zero attached hydrogens (tertiary/aromatic N) is 3. The summed E-state index contributed by atoms with van der Waals surface area (Å²) in [7, 11) is 0. The van der Waals surface area contributed by atoms with Gasteiger partial charge in [0.2, 0.25) is 5.91 Å². The molecule has 0 atom stereocenters. The molecule has 6 nitrogen and oxygen atoms in total. The molecule has 7 heteroatoms. The minimum atomic E-state index is -0.120. The first-order chi connectivity index (χ1) is 13.5. The van der Waals surface area contributed by atoms with Crippen molar-refractivity contribution >= 4 is 23.4 Å². The third-order valence-electron chi connectivity index (χ3n) is 4.30. The molecule has 2 aromatic carbocycles. The van der Waals surface area contributed by atoms with Crippen molar-refractivity contribution in [2.24, 2.45) is 0 Å². The zero-order valence-electron chi connectivity index (χ0n) is 15.8. The first-order valence-corrected chi connectivity index (χ1v) is 9.80. The number of phenolic OH excluding ortho intramolecular Hbond substituents is 1. The molecule has 0 saturated carbocycles. The van der Waals surface area contributed by atoms with E-state index in [1.807, 2.05) is 42.7 Å². The standard InChI is InChI=1S/C21H22N4O2S/c1-4-11-25-20(17-7-5-6-8-18(17)26)23-24-21(25)28-13-19(27)22-16-10-9-14(2)15(3)12-16/h4-10,12,26H,1,11,13H2,2-3H3,(H,22,27). The molecule has 0 fully saturated rings. The molecule has 0 aliphatic carbocycles. The number of thioether (sulfide) groups is 1. The van der Waals surface area contributed by atoms with Gasteiger partial charge in [-0.1, -0.05) is 36.0 Å². The van der Waals surface area contributed by atoms with Crippen LogP contribution in [-0.4, -0.2) is 31.5 Å². The Labute approximate surface area is 168 Å². The van der Waals surface area contributed by atoms with E-state index in [2.05, 4.69) is 22.1 Å². The molecular weight excluding hydrogens is 372 g/mol. The van der Waals surface area contributed by atoms with Crippen LogP contribution in [0.2, 0.25) is 0 Å². The maximum atomic E-state index is 12.3. The van der Waals surface area contributed by atoms with Crippen LogP contribution in [0.4, 0.5) is 5.69 Å². The lowest BCUT2D eigenvalue weighted by Gasteiger charge is -2.09. The summed E-state index contributed by atoms with van der Waals surface area (Å²) in [5.41, 5.74) is 3.67. The Hall–Kier alpha value is -3.06. The first-order valence-electron chi connectivity index (χ1n) is 8.82. The highest BCUT2D eigenvalue weighted by Crippen LogP contribution is 2.30. The number of anilines is 1. The van der Waals surface area contributed by atoms with E-state index in [1.165, 1.54) is 17.3 Å². The molecule has 0 spiro atoms. The Morgan fingerprint density at radius 1 is 1.21 bits per heavy atom. The van der Waals surface area contributed by atoms with Gasteiger partial charge in [0, 0.05) is 12.2 Å². The maximum absolute atomic E-state index is 12.3. The number of hydrogen-bond acceptors (Lipinski definition) is 5. The fourth-order valence-corrected chi connectivity index (χ4v) is 3.45. The molecule has 3 rings (SSSR count). The van der Waals surface area contributed by atoms with Crippen molar-refractivity contribution in [2.75, 3.05) is 11.1 Å². The average molecular weight is 395 g/mol. The van der Waals surface area contributed by atoms with Gasteiger partial charge in [-0.2, -0.15) is 0 Å². The van der Waals surface area contributed by atoms with Crippen LogP contribution in [0.15, 0.2) is 60.3 Å². The fourth-order valence-electron chi connectivity index (χ4n) is 2.70. The van der Waals surface area contributed by atoms with Gasteiger partial charge in [-0.3, -0.25) is 9.36 Å². The summed E-state index contributed by atoms with van der Waals surface area (Å²) in [6, 6.07) is 12.8. The van der Waals surface area contributed by atoms with Crippen LogP contribution < -0.4 is 5.32 Å². The van der Waals surface area contributed by atoms with Gasteiger partial charge in [-0.05, 0) is 49.2 Å². The number of aromatic nitrogens is 3. The molecular formula is C21H22N4O2S. The third-order valence-corrected chi connectivity index (χ3v) is 5.26. The van der Waals surface area contributed by atoms with E-state index >= 15 is 0 Å². The number of para-hydroxylation sites is 1. The topological polar surface area (TPSA) is 80.0 Å². The summed E-state index contributed by atoms with van der Waals surface area (Å²) >= 11 is 1.29. The fraction of sp³-hybridized carbons (Fsp3) is 0.190. The van der Waals surface area contributed by atoms with Crippen LogP contribution >= 0.6 is 11.8 Å². The highest BCUT2D eigenvalue weighted by atomic mass is 32.2. The summed E-state index contributed by atoms with van der Waals surface area (Å²) < 4.78 is 1.83. The lowest BCUT2D eigenvalue weighted by molar-refractivity contribution is -0.113. The summed E-state index contributed by atoms with van der Waals surface area (Å²) in [6.45, 7) is 8.29. The molecule has 2 N–H and O–H groups in total. The van der Waals surface area contributed by atoms with Crippen molar-refractivity contribution < 1.29 is 9.90 Å². The molecule has 0 aliphatic rings. The molecule has 3 aromatic rings. The summed E-state index contributed by atoms with van der Waals surface area (Å²) in [4.78, 5) is 12.3. The predicted octanol–water partition coefficient (Wildman–Crippen LogP) is 4.18. The van der Waals surface area contributed by atoms with Crippen molar-refractivity contribution in [3.63, 3.8) is 0 Å². The lowest BCUT2D eigenvalue weighted by atomic mass is 10.1. The Morgan fingerprint density at radius 3 is 2.71 bits per heavy atom. The number of rotatable bonds is 7. The summed E-state index contributed by atoms with van der Waals surface area (Å²) in [6.07, 6.45) is 1.73. The van der Waals surface area contributed by atoms with Crippen molar-refractivity contribution in [2.45, 2.75) is 25.5 Å². The van der Waals surface area contributed by atoms with Crippen LogP contribution in [0.25, 0.3) is 11.4 Å². The quantitative estimate of drug-likeness (QED) is 0.464. The third kappa shape index (κ3) is 4.43. The molecule has 1 amide bonds. The summed E-state index contributed by atoms with van der Waals surface area (Å²) in [5.74, 6) is 0.744. The molecule has 144 valence electrons. The Morgan fingerprint density at radius 2 is 2.00 bits per heavy atom. The highest BCUT2D eigenvalue weighted by Gasteiger charge is 2.17. The Bertz CT molecular complexity index is 1010. The van der Waals surface area contributed by atoms with Crippen molar-refractivity contribution in [1.29, 1.82) is 0 Å². The van der Waals surface area contributed by atoms with Crippen molar-refractivity contribution in [3.8, 4) is 17.1 Å². The van der Waals surface area contributed by atoms with Gasteiger partial charge in [-0.25, -0.2) is 0 Å². The van der Waals surface area contributed by atoms with Crippen LogP contribution in [0, 0.1) is 13.8 Å². The number of nitrogens with one attached hydrogen (secondary N) is 1. The molecule has 0 aliphatic heterocycles. The lowest BCUT2D eigenvalue weighted by Crippen LogP contribution is -2.14. The number of benzene rings is 2. The molecule has 0 unspecified atom stereocenters. The van der Waals surface area contributed by atoms with Gasteiger partial charge in [0.05, 0.1) is 11.3 Å². The molecule has 1 aromatic heterocycles. The van der Waals surface area contributed by atoms with E-state index < -0.39 is 0 Å². The van der Waals surface area contributed by atoms with Gasteiger partial charge < -0.3 is 10.4 Å². The van der Waals surface area contributed by atoms with Gasteiger partial charge >= 0.3 is 0 Å². The summed E-state index contributed by atoms with van der Waals surface area (Å²) in [5, 5.41) is 22.0.